The Hall–Kier alpha value is -2.76. The lowest BCUT2D eigenvalue weighted by molar-refractivity contribution is -0.125. The van der Waals surface area contributed by atoms with Crippen molar-refractivity contribution < 1.29 is 14.3 Å². The van der Waals surface area contributed by atoms with E-state index >= 15 is 0 Å². The molecule has 1 amide bonds. The highest BCUT2D eigenvalue weighted by molar-refractivity contribution is 6.10. The number of carbonyl (C=O) groups is 1. The Morgan fingerprint density at radius 1 is 1.50 bits per heavy atom. The number of amides is 1. The molecular formula is C20H25N3O3. The number of carbonyl (C=O) groups excluding carboxylic acids is 1. The normalized spacial score (nSPS) is 24.2. The molecule has 0 unspecified atom stereocenters. The van der Waals surface area contributed by atoms with Crippen LogP contribution >= 0.6 is 0 Å². The summed E-state index contributed by atoms with van der Waals surface area (Å²) in [6.07, 6.45) is 5.91. The maximum atomic E-state index is 12.8. The molecule has 0 aromatic heterocycles. The first kappa shape index (κ1) is 18.0. The third-order valence-corrected chi connectivity index (χ3v) is 4.81. The van der Waals surface area contributed by atoms with Crippen LogP contribution in [-0.4, -0.2) is 29.8 Å². The number of methoxy groups -OCH3 is 1. The first-order chi connectivity index (χ1) is 12.4. The molecule has 0 spiro atoms. The predicted octanol–water partition coefficient (Wildman–Crippen LogP) is 3.34. The van der Waals surface area contributed by atoms with E-state index in [1.807, 2.05) is 31.7 Å². The Morgan fingerprint density at radius 3 is 2.85 bits per heavy atom. The van der Waals surface area contributed by atoms with Crippen LogP contribution in [0.3, 0.4) is 0 Å². The SMILES string of the molecule is C=C1C2=C(N=C3/C(=C(/C)CC)NC(=O)[C@H](C(C)C)N13)OC=CC(OC)=C2. The molecule has 0 aliphatic carbocycles. The van der Waals surface area contributed by atoms with Crippen molar-refractivity contribution in [2.24, 2.45) is 10.9 Å². The fourth-order valence-corrected chi connectivity index (χ4v) is 3.23. The molecular weight excluding hydrogens is 330 g/mol. The zero-order chi connectivity index (χ0) is 19.0. The minimum Gasteiger partial charge on any atom is -0.497 e. The van der Waals surface area contributed by atoms with Gasteiger partial charge in [-0.3, -0.25) is 4.79 Å². The molecule has 3 heterocycles. The monoisotopic (exact) mass is 355 g/mol. The van der Waals surface area contributed by atoms with E-state index in [2.05, 4.69) is 18.8 Å². The second-order valence-corrected chi connectivity index (χ2v) is 6.83. The highest BCUT2D eigenvalue weighted by Crippen LogP contribution is 2.36. The smallest absolute Gasteiger partial charge is 0.247 e. The van der Waals surface area contributed by atoms with Crippen LogP contribution in [0.15, 0.2) is 64.2 Å². The Bertz CT molecular complexity index is 812. The number of rotatable bonds is 3. The maximum Gasteiger partial charge on any atom is 0.247 e. The molecule has 138 valence electrons. The molecule has 0 bridgehead atoms. The topological polar surface area (TPSA) is 63.2 Å². The summed E-state index contributed by atoms with van der Waals surface area (Å²) >= 11 is 0. The van der Waals surface area contributed by atoms with Gasteiger partial charge in [-0.1, -0.05) is 27.4 Å². The standard InChI is InChI=1S/C20H25N3O3/c1-7-12(4)16-18-22-20-15(10-14(25-6)8-9-26-20)13(5)23(18)17(11(2)3)19(24)21-16/h8-11,17H,5,7H2,1-4,6H3,(H,21,24)/b16-12+/t17-/m0/s1. The van der Waals surface area contributed by atoms with Gasteiger partial charge < -0.3 is 19.7 Å². The molecule has 3 rings (SSSR count). The van der Waals surface area contributed by atoms with Crippen molar-refractivity contribution in [2.45, 2.75) is 40.2 Å². The van der Waals surface area contributed by atoms with Crippen molar-refractivity contribution in [3.05, 3.63) is 59.2 Å². The molecule has 1 saturated heterocycles. The van der Waals surface area contributed by atoms with Crippen LogP contribution in [0.4, 0.5) is 0 Å². The van der Waals surface area contributed by atoms with Crippen LogP contribution in [-0.2, 0) is 14.3 Å². The summed E-state index contributed by atoms with van der Waals surface area (Å²) < 4.78 is 11.0. The lowest BCUT2D eigenvalue weighted by Crippen LogP contribution is -2.59. The van der Waals surface area contributed by atoms with Gasteiger partial charge in [0.15, 0.2) is 5.84 Å². The number of nitrogens with zero attached hydrogens (tertiary/aromatic N) is 2. The Labute approximate surface area is 154 Å². The molecule has 0 aromatic carbocycles. The van der Waals surface area contributed by atoms with Gasteiger partial charge in [0.1, 0.15) is 11.8 Å². The highest BCUT2D eigenvalue weighted by Gasteiger charge is 2.43. The molecule has 1 atom stereocenters. The van der Waals surface area contributed by atoms with Crippen LogP contribution in [0.2, 0.25) is 0 Å². The van der Waals surface area contributed by atoms with Crippen molar-refractivity contribution in [2.75, 3.05) is 7.11 Å². The van der Waals surface area contributed by atoms with Crippen molar-refractivity contribution >= 4 is 11.7 Å². The summed E-state index contributed by atoms with van der Waals surface area (Å²) in [5.74, 6) is 1.80. The summed E-state index contributed by atoms with van der Waals surface area (Å²) in [5, 5.41) is 3.04. The van der Waals surface area contributed by atoms with Crippen LogP contribution in [0.1, 0.15) is 34.1 Å². The van der Waals surface area contributed by atoms with Gasteiger partial charge in [-0.05, 0) is 30.9 Å². The summed E-state index contributed by atoms with van der Waals surface area (Å²) in [6.45, 7) is 12.3. The number of aliphatic imine (C=N–C) groups is 1. The molecule has 6 nitrogen and oxygen atoms in total. The lowest BCUT2D eigenvalue weighted by atomic mass is 9.94. The second-order valence-electron chi connectivity index (χ2n) is 6.83. The third-order valence-electron chi connectivity index (χ3n) is 4.81. The predicted molar refractivity (Wildman–Crippen MR) is 101 cm³/mol. The van der Waals surface area contributed by atoms with Crippen LogP contribution < -0.4 is 5.32 Å². The van der Waals surface area contributed by atoms with Crippen LogP contribution in [0, 0.1) is 5.92 Å². The van der Waals surface area contributed by atoms with Crippen LogP contribution in [0.5, 0.6) is 0 Å². The molecule has 3 aliphatic rings. The fraction of sp³-hybridized carbons (Fsp3) is 0.400. The number of allylic oxidation sites excluding steroid dienone is 3. The Morgan fingerprint density at radius 2 is 2.23 bits per heavy atom. The molecule has 0 saturated carbocycles. The van der Waals surface area contributed by atoms with Gasteiger partial charge in [0, 0.05) is 11.8 Å². The second kappa shape index (κ2) is 6.86. The quantitative estimate of drug-likeness (QED) is 0.843. The van der Waals surface area contributed by atoms with E-state index < -0.39 is 0 Å². The van der Waals surface area contributed by atoms with Gasteiger partial charge in [0.2, 0.25) is 11.8 Å². The van der Waals surface area contributed by atoms with E-state index in [1.165, 1.54) is 0 Å². The summed E-state index contributed by atoms with van der Waals surface area (Å²) in [4.78, 5) is 19.5. The first-order valence-corrected chi connectivity index (χ1v) is 8.80. The van der Waals surface area contributed by atoms with Crippen LogP contribution in [0.25, 0.3) is 0 Å². The largest absolute Gasteiger partial charge is 0.497 e. The molecule has 3 aliphatic heterocycles. The highest BCUT2D eigenvalue weighted by atomic mass is 16.5. The zero-order valence-electron chi connectivity index (χ0n) is 15.9. The summed E-state index contributed by atoms with van der Waals surface area (Å²) in [7, 11) is 1.60. The summed E-state index contributed by atoms with van der Waals surface area (Å²) in [6, 6.07) is -0.390. The maximum absolute atomic E-state index is 12.8. The van der Waals surface area contributed by atoms with E-state index in [4.69, 9.17) is 14.5 Å². The van der Waals surface area contributed by atoms with Gasteiger partial charge in [-0.25, -0.2) is 0 Å². The van der Waals surface area contributed by atoms with Crippen molar-refractivity contribution in [3.63, 3.8) is 0 Å². The van der Waals surface area contributed by atoms with Gasteiger partial charge in [0.05, 0.1) is 24.6 Å². The minimum atomic E-state index is -0.390. The molecule has 6 heteroatoms. The van der Waals surface area contributed by atoms with Gasteiger partial charge in [-0.15, -0.1) is 0 Å². The molecule has 0 aromatic rings. The fourth-order valence-electron chi connectivity index (χ4n) is 3.23. The van der Waals surface area contributed by atoms with E-state index in [0.29, 0.717) is 28.7 Å². The van der Waals surface area contributed by atoms with E-state index in [1.54, 1.807) is 19.4 Å². The van der Waals surface area contributed by atoms with Crippen molar-refractivity contribution in [1.29, 1.82) is 0 Å². The lowest BCUT2D eigenvalue weighted by Gasteiger charge is -2.43. The molecule has 1 N–H and O–H groups in total. The molecule has 0 radical (unpaired) electrons. The average Bonchev–Trinajstić information content (AvgIpc) is 2.83. The average molecular weight is 355 g/mol. The number of amidine groups is 1. The summed E-state index contributed by atoms with van der Waals surface area (Å²) in [5.41, 5.74) is 3.18. The van der Waals surface area contributed by atoms with Crippen molar-refractivity contribution in [3.8, 4) is 0 Å². The van der Waals surface area contributed by atoms with Gasteiger partial charge in [-0.2, -0.15) is 4.99 Å². The molecule has 1 fully saturated rings. The Kier molecular flexibility index (Phi) is 4.76. The zero-order valence-corrected chi connectivity index (χ0v) is 15.9. The van der Waals surface area contributed by atoms with Crippen molar-refractivity contribution in [1.82, 2.24) is 10.2 Å². The molecule has 26 heavy (non-hydrogen) atoms. The number of piperazine rings is 1. The number of fused-ring (bicyclic) bond motifs is 1. The minimum absolute atomic E-state index is 0.0458. The van der Waals surface area contributed by atoms with Gasteiger partial charge >= 0.3 is 0 Å². The van der Waals surface area contributed by atoms with E-state index in [9.17, 15) is 4.79 Å². The van der Waals surface area contributed by atoms with E-state index in [0.717, 1.165) is 17.7 Å². The van der Waals surface area contributed by atoms with E-state index in [-0.39, 0.29) is 17.9 Å². The number of nitrogens with one attached hydrogen (secondary N) is 1. The first-order valence-electron chi connectivity index (χ1n) is 8.80. The van der Waals surface area contributed by atoms with Gasteiger partial charge in [0.25, 0.3) is 0 Å². The third kappa shape index (κ3) is 2.85. The number of ether oxygens (including phenoxy) is 2. The Balaban J connectivity index is 2.21. The number of hydrogen-bond acceptors (Lipinski definition) is 5. The number of hydrogen-bond donors (Lipinski definition) is 1.